The zero-order valence-corrected chi connectivity index (χ0v) is 12.3. The third-order valence-electron chi connectivity index (χ3n) is 2.01. The van der Waals surface area contributed by atoms with E-state index in [1.165, 1.54) is 11.3 Å². The van der Waals surface area contributed by atoms with Crippen molar-refractivity contribution in [2.75, 3.05) is 0 Å². The lowest BCUT2D eigenvalue weighted by Crippen LogP contribution is -1.99. The number of aromatic nitrogens is 1. The molecule has 2 rings (SSSR count). The van der Waals surface area contributed by atoms with Gasteiger partial charge in [-0.05, 0) is 56.5 Å². The highest BCUT2D eigenvalue weighted by atomic mass is 79.9. The van der Waals surface area contributed by atoms with Gasteiger partial charge in [0.15, 0.2) is 0 Å². The number of ketones is 1. The van der Waals surface area contributed by atoms with E-state index in [0.717, 1.165) is 13.8 Å². The quantitative estimate of drug-likeness (QED) is 0.751. The van der Waals surface area contributed by atoms with Crippen LogP contribution in [0.3, 0.4) is 0 Å². The first-order valence-corrected chi connectivity index (χ1v) is 6.89. The molecule has 2 aromatic heterocycles. The van der Waals surface area contributed by atoms with Crippen LogP contribution in [0.1, 0.15) is 20.8 Å². The highest BCUT2D eigenvalue weighted by Crippen LogP contribution is 2.33. The van der Waals surface area contributed by atoms with Crippen LogP contribution in [0, 0.1) is 6.92 Å². The number of halogens is 2. The van der Waals surface area contributed by atoms with Crippen LogP contribution in [-0.2, 0) is 0 Å². The van der Waals surface area contributed by atoms with E-state index in [0.29, 0.717) is 10.4 Å². The lowest BCUT2D eigenvalue weighted by Gasteiger charge is -1.98. The number of nitrogens with zero attached hydrogens (tertiary/aromatic N) is 1. The van der Waals surface area contributed by atoms with Gasteiger partial charge in [-0.15, -0.1) is 11.3 Å². The molecule has 0 atom stereocenters. The maximum Gasteiger partial charge on any atom is 0.204 e. The Kier molecular flexibility index (Phi) is 3.56. The van der Waals surface area contributed by atoms with E-state index in [9.17, 15) is 4.79 Å². The predicted molar refractivity (Wildman–Crippen MR) is 72.1 cm³/mol. The molecule has 0 aliphatic carbocycles. The van der Waals surface area contributed by atoms with Gasteiger partial charge >= 0.3 is 0 Å². The summed E-state index contributed by atoms with van der Waals surface area (Å²) in [5, 5.41) is 0. The minimum absolute atomic E-state index is 0.00704. The molecule has 0 unspecified atom stereocenters. The molecule has 0 spiro atoms. The molecule has 2 nitrogen and oxygen atoms in total. The Morgan fingerprint density at radius 2 is 2.06 bits per heavy atom. The number of carbonyl (C=O) groups excluding carboxylic acids is 1. The molecule has 2 aromatic rings. The van der Waals surface area contributed by atoms with Crippen LogP contribution < -0.4 is 0 Å². The summed E-state index contributed by atoms with van der Waals surface area (Å²) in [6.45, 7) is 1.92. The van der Waals surface area contributed by atoms with E-state index in [1.54, 1.807) is 12.4 Å². The average Bonchev–Trinajstić information content (AvgIpc) is 2.58. The molecular formula is C11H7Br2NOS. The van der Waals surface area contributed by atoms with Crippen molar-refractivity contribution in [1.29, 1.82) is 0 Å². The van der Waals surface area contributed by atoms with Crippen LogP contribution >= 0.6 is 43.2 Å². The molecule has 0 saturated heterocycles. The summed E-state index contributed by atoms with van der Waals surface area (Å²) in [6, 6.07) is 3.66. The molecule has 0 N–H and O–H groups in total. The SMILES string of the molecule is Cc1cncc(C(=O)c2cc(Br)c(Br)s2)c1. The molecule has 16 heavy (non-hydrogen) atoms. The summed E-state index contributed by atoms with van der Waals surface area (Å²) in [7, 11) is 0. The topological polar surface area (TPSA) is 30.0 Å². The number of aryl methyl sites for hydroxylation is 1. The second-order valence-corrected chi connectivity index (χ2v) is 6.54. The summed E-state index contributed by atoms with van der Waals surface area (Å²) >= 11 is 8.16. The number of carbonyl (C=O) groups is 1. The van der Waals surface area contributed by atoms with E-state index in [1.807, 2.05) is 19.1 Å². The molecule has 0 saturated carbocycles. The molecule has 0 aromatic carbocycles. The Labute approximate surface area is 114 Å². The molecule has 5 heteroatoms. The van der Waals surface area contributed by atoms with Crippen molar-refractivity contribution in [2.24, 2.45) is 0 Å². The van der Waals surface area contributed by atoms with E-state index >= 15 is 0 Å². The molecule has 0 bridgehead atoms. The molecule has 0 radical (unpaired) electrons. The van der Waals surface area contributed by atoms with Crippen LogP contribution in [0.15, 0.2) is 32.8 Å². The Balaban J connectivity index is 2.39. The summed E-state index contributed by atoms with van der Waals surface area (Å²) in [5.74, 6) is 0.00704. The lowest BCUT2D eigenvalue weighted by molar-refractivity contribution is 0.104. The zero-order valence-electron chi connectivity index (χ0n) is 8.33. The van der Waals surface area contributed by atoms with Crippen molar-refractivity contribution in [1.82, 2.24) is 4.98 Å². The smallest absolute Gasteiger partial charge is 0.204 e. The standard InChI is InChI=1S/C11H7Br2NOS/c1-6-2-7(5-14-4-6)10(15)9-3-8(12)11(13)16-9/h2-5H,1H3. The Hall–Kier alpha value is -0.520. The van der Waals surface area contributed by atoms with Crippen molar-refractivity contribution in [2.45, 2.75) is 6.92 Å². The van der Waals surface area contributed by atoms with E-state index < -0.39 is 0 Å². The lowest BCUT2D eigenvalue weighted by atomic mass is 10.1. The molecule has 82 valence electrons. The Morgan fingerprint density at radius 3 is 2.62 bits per heavy atom. The van der Waals surface area contributed by atoms with Crippen LogP contribution in [0.4, 0.5) is 0 Å². The van der Waals surface area contributed by atoms with Gasteiger partial charge in [0.05, 0.1) is 8.66 Å². The summed E-state index contributed by atoms with van der Waals surface area (Å²) in [6.07, 6.45) is 3.33. The minimum atomic E-state index is 0.00704. The van der Waals surface area contributed by atoms with Crippen LogP contribution in [0.5, 0.6) is 0 Å². The van der Waals surface area contributed by atoms with E-state index in [4.69, 9.17) is 0 Å². The maximum absolute atomic E-state index is 12.1. The van der Waals surface area contributed by atoms with Gasteiger partial charge in [0.1, 0.15) is 0 Å². The monoisotopic (exact) mass is 359 g/mol. The predicted octanol–water partition coefficient (Wildman–Crippen LogP) is 4.21. The van der Waals surface area contributed by atoms with Crippen LogP contribution in [-0.4, -0.2) is 10.8 Å². The molecule has 0 amide bonds. The van der Waals surface area contributed by atoms with Crippen molar-refractivity contribution in [3.05, 3.63) is 48.8 Å². The molecule has 0 fully saturated rings. The number of hydrogen-bond acceptors (Lipinski definition) is 3. The van der Waals surface area contributed by atoms with Gasteiger partial charge in [0, 0.05) is 22.4 Å². The Morgan fingerprint density at radius 1 is 1.31 bits per heavy atom. The first kappa shape index (κ1) is 12.0. The number of thiophene rings is 1. The average molecular weight is 361 g/mol. The fourth-order valence-electron chi connectivity index (χ4n) is 1.28. The van der Waals surface area contributed by atoms with Gasteiger partial charge < -0.3 is 0 Å². The maximum atomic E-state index is 12.1. The van der Waals surface area contributed by atoms with Gasteiger partial charge in [-0.1, -0.05) is 0 Å². The van der Waals surface area contributed by atoms with Gasteiger partial charge in [0.25, 0.3) is 0 Å². The summed E-state index contributed by atoms with van der Waals surface area (Å²) in [5.41, 5.74) is 1.61. The highest BCUT2D eigenvalue weighted by molar-refractivity contribution is 9.13. The third kappa shape index (κ3) is 2.42. The van der Waals surface area contributed by atoms with Gasteiger partial charge in [-0.25, -0.2) is 0 Å². The molecule has 0 aliphatic rings. The van der Waals surface area contributed by atoms with E-state index in [2.05, 4.69) is 36.8 Å². The largest absolute Gasteiger partial charge is 0.288 e. The Bertz CT molecular complexity index is 531. The molecule has 2 heterocycles. The first-order chi connectivity index (χ1) is 7.58. The normalized spacial score (nSPS) is 10.4. The highest BCUT2D eigenvalue weighted by Gasteiger charge is 2.14. The van der Waals surface area contributed by atoms with Crippen molar-refractivity contribution in [3.8, 4) is 0 Å². The number of rotatable bonds is 2. The van der Waals surface area contributed by atoms with Crippen LogP contribution in [0.25, 0.3) is 0 Å². The first-order valence-electron chi connectivity index (χ1n) is 4.49. The van der Waals surface area contributed by atoms with Crippen LogP contribution in [0.2, 0.25) is 0 Å². The van der Waals surface area contributed by atoms with Gasteiger partial charge in [0.2, 0.25) is 5.78 Å². The van der Waals surface area contributed by atoms with Crippen molar-refractivity contribution < 1.29 is 4.79 Å². The number of pyridine rings is 1. The second kappa shape index (κ2) is 4.77. The third-order valence-corrected chi connectivity index (χ3v) is 5.26. The van der Waals surface area contributed by atoms with E-state index in [-0.39, 0.29) is 5.78 Å². The van der Waals surface area contributed by atoms with Crippen molar-refractivity contribution >= 4 is 49.0 Å². The fourth-order valence-corrected chi connectivity index (χ4v) is 3.28. The zero-order chi connectivity index (χ0) is 11.7. The molecule has 0 aliphatic heterocycles. The van der Waals surface area contributed by atoms with Gasteiger partial charge in [-0.2, -0.15) is 0 Å². The van der Waals surface area contributed by atoms with Gasteiger partial charge in [-0.3, -0.25) is 9.78 Å². The minimum Gasteiger partial charge on any atom is -0.288 e. The van der Waals surface area contributed by atoms with Crippen molar-refractivity contribution in [3.63, 3.8) is 0 Å². The molecular weight excluding hydrogens is 354 g/mol. The second-order valence-electron chi connectivity index (χ2n) is 3.31. The fraction of sp³-hybridized carbons (Fsp3) is 0.0909. The number of hydrogen-bond donors (Lipinski definition) is 0. The summed E-state index contributed by atoms with van der Waals surface area (Å²) in [4.78, 5) is 16.8. The summed E-state index contributed by atoms with van der Waals surface area (Å²) < 4.78 is 1.83.